The largest absolute Gasteiger partial charge is 0.131 e. The lowest BCUT2D eigenvalue weighted by molar-refractivity contribution is 1.71. The summed E-state index contributed by atoms with van der Waals surface area (Å²) >= 11 is 0. The number of hydrogen-bond donors (Lipinski definition) is 0. The van der Waals surface area contributed by atoms with Crippen molar-refractivity contribution in [1.82, 2.24) is 0 Å². The van der Waals surface area contributed by atoms with E-state index >= 15 is 0 Å². The van der Waals surface area contributed by atoms with Gasteiger partial charge in [0.05, 0.1) is 0 Å². The van der Waals surface area contributed by atoms with E-state index < -0.39 is 0 Å². The van der Waals surface area contributed by atoms with Gasteiger partial charge < -0.3 is 0 Å². The molecular weight excluding hydrogens is 163 g/mol. The molecule has 0 aliphatic carbocycles. The molecule has 0 fully saturated rings. The van der Waals surface area contributed by atoms with Crippen LogP contribution in [-0.4, -0.2) is 0 Å². The first kappa shape index (κ1) is 7.64. The van der Waals surface area contributed by atoms with Crippen molar-refractivity contribution in [2.45, 2.75) is 6.92 Å². The molecule has 2 rings (SSSR count). The predicted octanol–water partition coefficient (Wildman–Crippen LogP) is 3.90. The summed E-state index contributed by atoms with van der Waals surface area (Å²) in [7, 11) is 0.830. The zero-order chi connectivity index (χ0) is 8.55. The summed E-state index contributed by atoms with van der Waals surface area (Å²) in [4.78, 5) is 0. The quantitative estimate of drug-likeness (QED) is 0.615. The highest BCUT2D eigenvalue weighted by Crippen LogP contribution is 2.32. The summed E-state index contributed by atoms with van der Waals surface area (Å²) in [5, 5.41) is 2.83. The normalized spacial score (nSPS) is 11.1. The van der Waals surface area contributed by atoms with E-state index in [0.29, 0.717) is 0 Å². The van der Waals surface area contributed by atoms with Gasteiger partial charge in [-0.05, 0) is 28.8 Å². The Bertz CT molecular complexity index is 423. The maximum Gasteiger partial charge on any atom is -0.00120 e. The molecule has 2 aromatic rings. The number of fused-ring (bicyclic) bond motifs is 1. The van der Waals surface area contributed by atoms with E-state index in [0.717, 1.165) is 8.19 Å². The van der Waals surface area contributed by atoms with Crippen LogP contribution in [0.2, 0.25) is 0 Å². The second-order valence-corrected chi connectivity index (χ2v) is 4.14. The van der Waals surface area contributed by atoms with Gasteiger partial charge in [0, 0.05) is 0 Å². The lowest BCUT2D eigenvalue weighted by Gasteiger charge is -1.95. The summed E-state index contributed by atoms with van der Waals surface area (Å²) in [5.74, 6) is 2.28. The first-order chi connectivity index (χ1) is 5.79. The third-order valence-electron chi connectivity index (χ3n) is 2.05. The molecule has 60 valence electrons. The van der Waals surface area contributed by atoms with Crippen molar-refractivity contribution in [3.63, 3.8) is 0 Å². The predicted molar refractivity (Wildman–Crippen MR) is 58.2 cm³/mol. The number of allylic oxidation sites excluding steroid dienone is 1. The molecule has 1 aromatic heterocycles. The SMILES string of the molecule is C=C(C)c1c[pH]c2ccccc12. The average molecular weight is 174 g/mol. The van der Waals surface area contributed by atoms with Gasteiger partial charge in [0.15, 0.2) is 0 Å². The molecule has 0 N–H and O–H groups in total. The van der Waals surface area contributed by atoms with Crippen LogP contribution < -0.4 is 0 Å². The zero-order valence-electron chi connectivity index (χ0n) is 7.09. The summed E-state index contributed by atoms with van der Waals surface area (Å²) in [6, 6.07) is 8.56. The molecule has 0 radical (unpaired) electrons. The van der Waals surface area contributed by atoms with Gasteiger partial charge in [-0.15, -0.1) is 8.19 Å². The molecule has 0 aliphatic heterocycles. The van der Waals surface area contributed by atoms with Crippen molar-refractivity contribution < 1.29 is 0 Å². The van der Waals surface area contributed by atoms with E-state index in [-0.39, 0.29) is 0 Å². The molecule has 0 aliphatic rings. The molecule has 12 heavy (non-hydrogen) atoms. The summed E-state index contributed by atoms with van der Waals surface area (Å²) in [6.45, 7) is 6.04. The van der Waals surface area contributed by atoms with Crippen LogP contribution in [0.15, 0.2) is 36.6 Å². The van der Waals surface area contributed by atoms with Crippen LogP contribution in [0.4, 0.5) is 0 Å². The first-order valence-corrected chi connectivity index (χ1v) is 5.09. The number of rotatable bonds is 1. The number of benzene rings is 1. The van der Waals surface area contributed by atoms with Crippen molar-refractivity contribution in [2.24, 2.45) is 0 Å². The molecule has 1 heteroatoms. The van der Waals surface area contributed by atoms with Crippen LogP contribution in [0.3, 0.4) is 0 Å². The van der Waals surface area contributed by atoms with Crippen molar-refractivity contribution in [3.8, 4) is 0 Å². The van der Waals surface area contributed by atoms with Crippen LogP contribution >= 0.6 is 8.19 Å². The topological polar surface area (TPSA) is 0 Å². The van der Waals surface area contributed by atoms with Gasteiger partial charge in [0.1, 0.15) is 0 Å². The van der Waals surface area contributed by atoms with Crippen molar-refractivity contribution in [2.75, 3.05) is 0 Å². The van der Waals surface area contributed by atoms with Crippen LogP contribution in [0.25, 0.3) is 16.1 Å². The minimum Gasteiger partial charge on any atom is -0.131 e. The minimum absolute atomic E-state index is 0.830. The molecule has 0 spiro atoms. The Morgan fingerprint density at radius 3 is 2.83 bits per heavy atom. The van der Waals surface area contributed by atoms with Gasteiger partial charge >= 0.3 is 0 Å². The van der Waals surface area contributed by atoms with Crippen molar-refractivity contribution in [3.05, 3.63) is 42.2 Å². The molecule has 1 unspecified atom stereocenters. The third kappa shape index (κ3) is 1.09. The molecular formula is C11H11P. The Labute approximate surface area is 74.0 Å². The van der Waals surface area contributed by atoms with Gasteiger partial charge in [-0.2, -0.15) is 0 Å². The zero-order valence-corrected chi connectivity index (χ0v) is 8.09. The Kier molecular flexibility index (Phi) is 1.78. The lowest BCUT2D eigenvalue weighted by Crippen LogP contribution is -1.71. The van der Waals surface area contributed by atoms with Crippen molar-refractivity contribution in [1.29, 1.82) is 0 Å². The Morgan fingerprint density at radius 2 is 2.08 bits per heavy atom. The Hall–Kier alpha value is -1.00. The second-order valence-electron chi connectivity index (χ2n) is 3.03. The van der Waals surface area contributed by atoms with Crippen LogP contribution in [0.5, 0.6) is 0 Å². The smallest absolute Gasteiger partial charge is 0.00120 e. The number of hydrogen-bond acceptors (Lipinski definition) is 0. The fourth-order valence-corrected chi connectivity index (χ4v) is 2.69. The highest BCUT2D eigenvalue weighted by molar-refractivity contribution is 7.36. The molecule has 0 amide bonds. The van der Waals surface area contributed by atoms with Gasteiger partial charge in [-0.3, -0.25) is 0 Å². The molecule has 1 aromatic carbocycles. The fourth-order valence-electron chi connectivity index (χ4n) is 1.42. The fraction of sp³-hybridized carbons (Fsp3) is 0.0909. The van der Waals surface area contributed by atoms with Crippen LogP contribution in [-0.2, 0) is 0 Å². The van der Waals surface area contributed by atoms with E-state index in [1.54, 1.807) is 0 Å². The molecule has 1 atom stereocenters. The maximum absolute atomic E-state index is 3.97. The van der Waals surface area contributed by atoms with E-state index in [1.165, 1.54) is 21.6 Å². The molecule has 0 bridgehead atoms. The van der Waals surface area contributed by atoms with Crippen molar-refractivity contribution >= 4 is 24.3 Å². The maximum atomic E-state index is 3.97. The third-order valence-corrected chi connectivity index (χ3v) is 3.23. The van der Waals surface area contributed by atoms with Gasteiger partial charge in [-0.1, -0.05) is 36.4 Å². The first-order valence-electron chi connectivity index (χ1n) is 4.01. The van der Waals surface area contributed by atoms with Gasteiger partial charge in [-0.25, -0.2) is 0 Å². The molecule has 1 heterocycles. The molecule has 0 saturated carbocycles. The van der Waals surface area contributed by atoms with Crippen LogP contribution in [0, 0.1) is 0 Å². The van der Waals surface area contributed by atoms with Crippen LogP contribution in [0.1, 0.15) is 12.5 Å². The van der Waals surface area contributed by atoms with E-state index in [2.05, 4.69) is 43.6 Å². The van der Waals surface area contributed by atoms with E-state index in [9.17, 15) is 0 Å². The summed E-state index contributed by atoms with van der Waals surface area (Å²) in [6.07, 6.45) is 0. The van der Waals surface area contributed by atoms with Gasteiger partial charge in [0.2, 0.25) is 0 Å². The Morgan fingerprint density at radius 1 is 1.33 bits per heavy atom. The monoisotopic (exact) mass is 174 g/mol. The summed E-state index contributed by atoms with van der Waals surface area (Å²) in [5.41, 5.74) is 2.51. The standard InChI is InChI=1S/C11H11P/c1-8(2)10-7-12-11-6-4-3-5-9(10)11/h3-7,12H,1H2,2H3. The highest BCUT2D eigenvalue weighted by atomic mass is 31.0. The average Bonchev–Trinajstić information content (AvgIpc) is 2.47. The molecule has 0 saturated heterocycles. The highest BCUT2D eigenvalue weighted by Gasteiger charge is 2.00. The Balaban J connectivity index is 2.79. The lowest BCUT2D eigenvalue weighted by atomic mass is 10.1. The van der Waals surface area contributed by atoms with E-state index in [1.807, 2.05) is 0 Å². The van der Waals surface area contributed by atoms with E-state index in [4.69, 9.17) is 0 Å². The summed E-state index contributed by atoms with van der Waals surface area (Å²) < 4.78 is 0. The minimum atomic E-state index is 0.830. The van der Waals surface area contributed by atoms with Gasteiger partial charge in [0.25, 0.3) is 0 Å². The molecule has 0 nitrogen and oxygen atoms in total. The second kappa shape index (κ2) is 2.80.